The van der Waals surface area contributed by atoms with Crippen LogP contribution in [0, 0.1) is 0 Å². The first-order valence-corrected chi connectivity index (χ1v) is 8.37. The molecular formula is C14H22BrN5. The second kappa shape index (κ2) is 6.72. The molecule has 1 aromatic heterocycles. The van der Waals surface area contributed by atoms with Crippen LogP contribution in [0.4, 0.5) is 11.6 Å². The van der Waals surface area contributed by atoms with Gasteiger partial charge in [-0.2, -0.15) is 0 Å². The van der Waals surface area contributed by atoms with Gasteiger partial charge in [0.25, 0.3) is 0 Å². The third kappa shape index (κ3) is 3.23. The SMILES string of the molecule is Brc1cnc(N2CCCCC2)c(N2CCCNCC2)n1. The number of hydrogen-bond acceptors (Lipinski definition) is 5. The highest BCUT2D eigenvalue weighted by Gasteiger charge is 2.22. The van der Waals surface area contributed by atoms with Crippen LogP contribution >= 0.6 is 15.9 Å². The lowest BCUT2D eigenvalue weighted by Gasteiger charge is -2.32. The summed E-state index contributed by atoms with van der Waals surface area (Å²) in [5.41, 5.74) is 0. The van der Waals surface area contributed by atoms with Gasteiger partial charge in [0, 0.05) is 32.7 Å². The molecule has 0 spiro atoms. The Labute approximate surface area is 128 Å². The highest BCUT2D eigenvalue weighted by Crippen LogP contribution is 2.29. The van der Waals surface area contributed by atoms with E-state index in [1.807, 2.05) is 6.20 Å². The van der Waals surface area contributed by atoms with Crippen molar-refractivity contribution in [3.8, 4) is 0 Å². The van der Waals surface area contributed by atoms with Crippen LogP contribution in [0.25, 0.3) is 0 Å². The molecule has 0 saturated carbocycles. The highest BCUT2D eigenvalue weighted by molar-refractivity contribution is 9.10. The van der Waals surface area contributed by atoms with E-state index in [0.29, 0.717) is 0 Å². The van der Waals surface area contributed by atoms with Crippen molar-refractivity contribution in [2.75, 3.05) is 49.1 Å². The lowest BCUT2D eigenvalue weighted by Crippen LogP contribution is -2.35. The molecule has 2 fully saturated rings. The van der Waals surface area contributed by atoms with Crippen LogP contribution in [-0.4, -0.2) is 49.2 Å². The number of rotatable bonds is 2. The minimum Gasteiger partial charge on any atom is -0.354 e. The topological polar surface area (TPSA) is 44.3 Å². The normalized spacial score (nSPS) is 20.9. The van der Waals surface area contributed by atoms with E-state index in [1.165, 1.54) is 19.3 Å². The van der Waals surface area contributed by atoms with Gasteiger partial charge in [-0.25, -0.2) is 9.97 Å². The Balaban J connectivity index is 1.88. The number of anilines is 2. The van der Waals surface area contributed by atoms with Crippen molar-refractivity contribution >= 4 is 27.6 Å². The van der Waals surface area contributed by atoms with Crippen molar-refractivity contribution in [2.45, 2.75) is 25.7 Å². The molecule has 2 aliphatic heterocycles. The summed E-state index contributed by atoms with van der Waals surface area (Å²) in [4.78, 5) is 14.2. The fourth-order valence-corrected chi connectivity index (χ4v) is 3.22. The van der Waals surface area contributed by atoms with Crippen molar-refractivity contribution in [1.29, 1.82) is 0 Å². The fourth-order valence-electron chi connectivity index (χ4n) is 2.95. The van der Waals surface area contributed by atoms with E-state index < -0.39 is 0 Å². The summed E-state index contributed by atoms with van der Waals surface area (Å²) in [6.07, 6.45) is 6.85. The molecular weight excluding hydrogens is 318 g/mol. The van der Waals surface area contributed by atoms with Crippen molar-refractivity contribution in [1.82, 2.24) is 15.3 Å². The van der Waals surface area contributed by atoms with Crippen LogP contribution in [0.1, 0.15) is 25.7 Å². The van der Waals surface area contributed by atoms with Gasteiger partial charge < -0.3 is 15.1 Å². The molecule has 5 nitrogen and oxygen atoms in total. The molecule has 110 valence electrons. The lowest BCUT2D eigenvalue weighted by molar-refractivity contribution is 0.571. The monoisotopic (exact) mass is 339 g/mol. The van der Waals surface area contributed by atoms with E-state index in [-0.39, 0.29) is 0 Å². The predicted octanol–water partition coefficient (Wildman–Crippen LogP) is 2.03. The van der Waals surface area contributed by atoms with E-state index >= 15 is 0 Å². The van der Waals surface area contributed by atoms with Crippen molar-refractivity contribution in [3.63, 3.8) is 0 Å². The third-order valence-corrected chi connectivity index (χ3v) is 4.38. The van der Waals surface area contributed by atoms with Crippen LogP contribution in [0.15, 0.2) is 10.8 Å². The summed E-state index contributed by atoms with van der Waals surface area (Å²) in [6.45, 7) is 6.39. The largest absolute Gasteiger partial charge is 0.354 e. The van der Waals surface area contributed by atoms with Gasteiger partial charge in [0.15, 0.2) is 11.6 Å². The Kier molecular flexibility index (Phi) is 4.73. The van der Waals surface area contributed by atoms with Gasteiger partial charge in [0.1, 0.15) is 4.60 Å². The molecule has 0 aliphatic carbocycles. The second-order valence-electron chi connectivity index (χ2n) is 5.48. The molecule has 0 radical (unpaired) electrons. The van der Waals surface area contributed by atoms with Gasteiger partial charge in [0.2, 0.25) is 0 Å². The molecule has 0 unspecified atom stereocenters. The van der Waals surface area contributed by atoms with E-state index in [1.54, 1.807) is 0 Å². The third-order valence-electron chi connectivity index (χ3n) is 4.00. The summed E-state index contributed by atoms with van der Waals surface area (Å²) >= 11 is 3.47. The minimum atomic E-state index is 0.825. The van der Waals surface area contributed by atoms with Gasteiger partial charge in [-0.05, 0) is 48.2 Å². The first-order valence-electron chi connectivity index (χ1n) is 7.58. The smallest absolute Gasteiger partial charge is 0.173 e. The van der Waals surface area contributed by atoms with Gasteiger partial charge in [0.05, 0.1) is 6.20 Å². The number of piperidine rings is 1. The maximum absolute atomic E-state index is 4.72. The summed E-state index contributed by atoms with van der Waals surface area (Å²) in [5.74, 6) is 2.11. The number of aromatic nitrogens is 2. The Hall–Kier alpha value is -0.880. The number of hydrogen-bond donors (Lipinski definition) is 1. The molecule has 20 heavy (non-hydrogen) atoms. The van der Waals surface area contributed by atoms with E-state index in [0.717, 1.165) is 61.9 Å². The van der Waals surface area contributed by atoms with E-state index in [2.05, 4.69) is 36.0 Å². The zero-order chi connectivity index (χ0) is 13.8. The lowest BCUT2D eigenvalue weighted by atomic mass is 10.1. The van der Waals surface area contributed by atoms with Gasteiger partial charge in [-0.15, -0.1) is 0 Å². The average Bonchev–Trinajstić information content (AvgIpc) is 2.77. The number of halogens is 1. The van der Waals surface area contributed by atoms with Crippen molar-refractivity contribution < 1.29 is 0 Å². The molecule has 0 atom stereocenters. The maximum atomic E-state index is 4.72. The molecule has 1 N–H and O–H groups in total. The standard InChI is InChI=1S/C14H22BrN5/c15-12-11-17-13(19-7-2-1-3-8-19)14(18-12)20-9-4-5-16-6-10-20/h11,16H,1-10H2. The van der Waals surface area contributed by atoms with Gasteiger partial charge in [-0.3, -0.25) is 0 Å². The Bertz CT molecular complexity index is 439. The van der Waals surface area contributed by atoms with Crippen LogP contribution in [0.5, 0.6) is 0 Å². The molecule has 3 rings (SSSR count). The number of nitrogens with zero attached hydrogens (tertiary/aromatic N) is 4. The molecule has 6 heteroatoms. The summed E-state index contributed by atoms with van der Waals surface area (Å²) in [7, 11) is 0. The summed E-state index contributed by atoms with van der Waals surface area (Å²) in [5, 5.41) is 3.45. The average molecular weight is 340 g/mol. The van der Waals surface area contributed by atoms with Crippen LogP contribution in [0.3, 0.4) is 0 Å². The molecule has 1 aromatic rings. The molecule has 2 aliphatic rings. The zero-order valence-electron chi connectivity index (χ0n) is 11.8. The van der Waals surface area contributed by atoms with Gasteiger partial charge >= 0.3 is 0 Å². The Morgan fingerprint density at radius 1 is 0.900 bits per heavy atom. The fraction of sp³-hybridized carbons (Fsp3) is 0.714. The van der Waals surface area contributed by atoms with Crippen molar-refractivity contribution in [2.24, 2.45) is 0 Å². The van der Waals surface area contributed by atoms with E-state index in [9.17, 15) is 0 Å². The highest BCUT2D eigenvalue weighted by atomic mass is 79.9. The van der Waals surface area contributed by atoms with Gasteiger partial charge in [-0.1, -0.05) is 0 Å². The molecule has 0 bridgehead atoms. The maximum Gasteiger partial charge on any atom is 0.173 e. The van der Waals surface area contributed by atoms with Crippen LogP contribution in [-0.2, 0) is 0 Å². The molecule has 2 saturated heterocycles. The summed E-state index contributed by atoms with van der Waals surface area (Å²) in [6, 6.07) is 0. The molecule has 0 aromatic carbocycles. The van der Waals surface area contributed by atoms with Crippen LogP contribution < -0.4 is 15.1 Å². The Morgan fingerprint density at radius 2 is 1.65 bits per heavy atom. The molecule has 0 amide bonds. The van der Waals surface area contributed by atoms with Crippen LogP contribution in [0.2, 0.25) is 0 Å². The molecule has 3 heterocycles. The first-order chi connectivity index (χ1) is 9.84. The van der Waals surface area contributed by atoms with Crippen molar-refractivity contribution in [3.05, 3.63) is 10.8 Å². The zero-order valence-corrected chi connectivity index (χ0v) is 13.4. The predicted molar refractivity (Wildman–Crippen MR) is 85.5 cm³/mol. The Morgan fingerprint density at radius 3 is 2.50 bits per heavy atom. The second-order valence-corrected chi connectivity index (χ2v) is 6.29. The number of nitrogens with one attached hydrogen (secondary N) is 1. The van der Waals surface area contributed by atoms with E-state index in [4.69, 9.17) is 4.98 Å². The summed E-state index contributed by atoms with van der Waals surface area (Å²) < 4.78 is 0.825. The quantitative estimate of drug-likeness (QED) is 0.893. The minimum absolute atomic E-state index is 0.825. The first kappa shape index (κ1) is 14.1.